The number of benzene rings is 1. The van der Waals surface area contributed by atoms with Crippen LogP contribution in [0.25, 0.3) is 0 Å². The number of aryl methyl sites for hydroxylation is 3. The zero-order chi connectivity index (χ0) is 14.0. The summed E-state index contributed by atoms with van der Waals surface area (Å²) in [6.45, 7) is 5.82. The maximum atomic E-state index is 12.5. The summed E-state index contributed by atoms with van der Waals surface area (Å²) in [6, 6.07) is 5.92. The van der Waals surface area contributed by atoms with E-state index in [0.29, 0.717) is 5.16 Å². The van der Waals surface area contributed by atoms with Crippen LogP contribution in [0.15, 0.2) is 23.4 Å². The predicted molar refractivity (Wildman–Crippen MR) is 74.4 cm³/mol. The van der Waals surface area contributed by atoms with Crippen LogP contribution in [0.2, 0.25) is 0 Å². The summed E-state index contributed by atoms with van der Waals surface area (Å²) in [7, 11) is 1.76. The molecule has 19 heavy (non-hydrogen) atoms. The Morgan fingerprint density at radius 3 is 2.74 bits per heavy atom. The van der Waals surface area contributed by atoms with Gasteiger partial charge in [0.05, 0.1) is 5.25 Å². The molecule has 0 fully saturated rings. The Labute approximate surface area is 116 Å². The lowest BCUT2D eigenvalue weighted by molar-refractivity contribution is 0.0993. The Morgan fingerprint density at radius 2 is 2.11 bits per heavy atom. The fourth-order valence-electron chi connectivity index (χ4n) is 1.75. The van der Waals surface area contributed by atoms with Crippen LogP contribution in [0.1, 0.15) is 28.4 Å². The minimum atomic E-state index is -0.217. The zero-order valence-electron chi connectivity index (χ0n) is 11.4. The Morgan fingerprint density at radius 1 is 1.37 bits per heavy atom. The van der Waals surface area contributed by atoms with Gasteiger partial charge in [0.15, 0.2) is 5.78 Å². The summed E-state index contributed by atoms with van der Waals surface area (Å²) >= 11 is 1.37. The number of hydrogen-bond acceptors (Lipinski definition) is 5. The largest absolute Gasteiger partial charge is 0.293 e. The Kier molecular flexibility index (Phi) is 3.99. The first-order valence-electron chi connectivity index (χ1n) is 5.99. The second-order valence-electron chi connectivity index (χ2n) is 4.53. The van der Waals surface area contributed by atoms with Gasteiger partial charge in [-0.15, -0.1) is 5.10 Å². The highest BCUT2D eigenvalue weighted by Crippen LogP contribution is 2.24. The lowest BCUT2D eigenvalue weighted by atomic mass is 10.0. The molecule has 2 aromatic rings. The van der Waals surface area contributed by atoms with Crippen molar-refractivity contribution in [1.82, 2.24) is 20.2 Å². The molecule has 0 N–H and O–H groups in total. The van der Waals surface area contributed by atoms with E-state index < -0.39 is 0 Å². The van der Waals surface area contributed by atoms with Gasteiger partial charge >= 0.3 is 0 Å². The van der Waals surface area contributed by atoms with Crippen molar-refractivity contribution in [3.05, 3.63) is 34.9 Å². The smallest absolute Gasteiger partial charge is 0.209 e. The van der Waals surface area contributed by atoms with Gasteiger partial charge in [-0.2, -0.15) is 0 Å². The maximum absolute atomic E-state index is 12.5. The van der Waals surface area contributed by atoms with Crippen LogP contribution in [-0.4, -0.2) is 31.2 Å². The lowest BCUT2D eigenvalue weighted by Gasteiger charge is -2.11. The van der Waals surface area contributed by atoms with E-state index in [9.17, 15) is 4.79 Å². The van der Waals surface area contributed by atoms with Crippen LogP contribution in [-0.2, 0) is 7.05 Å². The molecule has 5 nitrogen and oxygen atoms in total. The number of Topliss-reactive ketones (excluding diaryl/α,β-unsaturated/α-hetero) is 1. The van der Waals surface area contributed by atoms with Gasteiger partial charge in [-0.05, 0) is 42.8 Å². The van der Waals surface area contributed by atoms with Gasteiger partial charge in [-0.1, -0.05) is 29.5 Å². The van der Waals surface area contributed by atoms with Crippen molar-refractivity contribution >= 4 is 17.5 Å². The average molecular weight is 276 g/mol. The first kappa shape index (κ1) is 13.7. The van der Waals surface area contributed by atoms with Crippen LogP contribution in [0.3, 0.4) is 0 Å². The van der Waals surface area contributed by atoms with Gasteiger partial charge in [-0.3, -0.25) is 4.79 Å². The number of aromatic nitrogens is 4. The highest BCUT2D eigenvalue weighted by Gasteiger charge is 2.20. The third-order valence-corrected chi connectivity index (χ3v) is 4.02. The molecule has 0 aliphatic carbocycles. The Bertz CT molecular complexity index is 608. The third kappa shape index (κ3) is 3.01. The number of ketones is 1. The molecule has 0 aliphatic heterocycles. The fourth-order valence-corrected chi connectivity index (χ4v) is 2.58. The monoisotopic (exact) mass is 276 g/mol. The van der Waals surface area contributed by atoms with E-state index in [1.807, 2.05) is 39.0 Å². The SMILES string of the molecule is Cc1ccc(C)c(C(=O)[C@H](C)Sc2nnnn2C)c1. The summed E-state index contributed by atoms with van der Waals surface area (Å²) in [4.78, 5) is 12.5. The molecule has 1 aromatic heterocycles. The molecule has 0 aliphatic rings. The molecule has 1 aromatic carbocycles. The summed E-state index contributed by atoms with van der Waals surface area (Å²) in [5.41, 5.74) is 2.86. The summed E-state index contributed by atoms with van der Waals surface area (Å²) < 4.78 is 1.57. The van der Waals surface area contributed by atoms with E-state index in [4.69, 9.17) is 0 Å². The first-order chi connectivity index (χ1) is 8.99. The van der Waals surface area contributed by atoms with E-state index in [1.54, 1.807) is 11.7 Å². The van der Waals surface area contributed by atoms with Crippen LogP contribution in [0.5, 0.6) is 0 Å². The van der Waals surface area contributed by atoms with Gasteiger partial charge in [0.25, 0.3) is 0 Å². The number of carbonyl (C=O) groups excluding carboxylic acids is 1. The number of thioether (sulfide) groups is 1. The van der Waals surface area contributed by atoms with E-state index in [2.05, 4.69) is 15.5 Å². The molecule has 0 saturated heterocycles. The minimum absolute atomic E-state index is 0.106. The van der Waals surface area contributed by atoms with Crippen molar-refractivity contribution < 1.29 is 4.79 Å². The maximum Gasteiger partial charge on any atom is 0.209 e. The molecular formula is C13H16N4OS. The second-order valence-corrected chi connectivity index (χ2v) is 5.84. The van der Waals surface area contributed by atoms with E-state index in [0.717, 1.165) is 16.7 Å². The molecule has 6 heteroatoms. The second kappa shape index (κ2) is 5.52. The molecule has 1 atom stereocenters. The number of hydrogen-bond donors (Lipinski definition) is 0. The van der Waals surface area contributed by atoms with Crippen LogP contribution >= 0.6 is 11.8 Å². The minimum Gasteiger partial charge on any atom is -0.293 e. The molecule has 2 rings (SSSR count). The topological polar surface area (TPSA) is 60.7 Å². The lowest BCUT2D eigenvalue weighted by Crippen LogP contribution is -2.16. The number of nitrogens with zero attached hydrogens (tertiary/aromatic N) is 4. The van der Waals surface area contributed by atoms with Crippen LogP contribution < -0.4 is 0 Å². The molecule has 0 radical (unpaired) electrons. The van der Waals surface area contributed by atoms with Crippen LogP contribution in [0, 0.1) is 13.8 Å². The van der Waals surface area contributed by atoms with Crippen molar-refractivity contribution in [3.63, 3.8) is 0 Å². The zero-order valence-corrected chi connectivity index (χ0v) is 12.2. The highest BCUT2D eigenvalue weighted by atomic mass is 32.2. The highest BCUT2D eigenvalue weighted by molar-refractivity contribution is 8.00. The van der Waals surface area contributed by atoms with Gasteiger partial charge < -0.3 is 0 Å². The van der Waals surface area contributed by atoms with E-state index in [1.165, 1.54) is 11.8 Å². The molecule has 1 heterocycles. The Balaban J connectivity index is 2.19. The molecule has 100 valence electrons. The third-order valence-electron chi connectivity index (χ3n) is 2.89. The average Bonchev–Trinajstić information content (AvgIpc) is 2.77. The van der Waals surface area contributed by atoms with Gasteiger partial charge in [0, 0.05) is 12.6 Å². The summed E-state index contributed by atoms with van der Waals surface area (Å²) in [5.74, 6) is 0.106. The van der Waals surface area contributed by atoms with Crippen molar-refractivity contribution in [1.29, 1.82) is 0 Å². The number of tetrazole rings is 1. The fraction of sp³-hybridized carbons (Fsp3) is 0.385. The van der Waals surface area contributed by atoms with Crippen LogP contribution in [0.4, 0.5) is 0 Å². The summed E-state index contributed by atoms with van der Waals surface area (Å²) in [6.07, 6.45) is 0. The van der Waals surface area contributed by atoms with E-state index in [-0.39, 0.29) is 11.0 Å². The van der Waals surface area contributed by atoms with Crippen molar-refractivity contribution in [2.24, 2.45) is 7.05 Å². The Hall–Kier alpha value is -1.69. The normalized spacial score (nSPS) is 12.4. The van der Waals surface area contributed by atoms with Crippen molar-refractivity contribution in [2.45, 2.75) is 31.2 Å². The van der Waals surface area contributed by atoms with Gasteiger partial charge in [-0.25, -0.2) is 4.68 Å². The molecule has 0 amide bonds. The number of rotatable bonds is 4. The molecular weight excluding hydrogens is 260 g/mol. The van der Waals surface area contributed by atoms with Gasteiger partial charge in [0.2, 0.25) is 5.16 Å². The molecule has 0 bridgehead atoms. The van der Waals surface area contributed by atoms with Crippen molar-refractivity contribution in [2.75, 3.05) is 0 Å². The van der Waals surface area contributed by atoms with Crippen molar-refractivity contribution in [3.8, 4) is 0 Å². The van der Waals surface area contributed by atoms with Gasteiger partial charge in [0.1, 0.15) is 0 Å². The molecule has 0 unspecified atom stereocenters. The quantitative estimate of drug-likeness (QED) is 0.633. The first-order valence-corrected chi connectivity index (χ1v) is 6.87. The predicted octanol–water partition coefficient (Wildman–Crippen LogP) is 2.19. The van der Waals surface area contributed by atoms with E-state index >= 15 is 0 Å². The molecule has 0 saturated carbocycles. The number of carbonyl (C=O) groups is 1. The summed E-state index contributed by atoms with van der Waals surface area (Å²) in [5, 5.41) is 11.6. The standard InChI is InChI=1S/C13H16N4OS/c1-8-5-6-9(2)11(7-8)12(18)10(3)19-13-14-15-16-17(13)4/h5-7,10H,1-4H3/t10-/m0/s1. The molecule has 0 spiro atoms.